The topological polar surface area (TPSA) is 35.2 Å². The molecule has 1 aromatic carbocycles. The minimum absolute atomic E-state index is 0.300. The van der Waals surface area contributed by atoms with E-state index in [1.165, 1.54) is 18.4 Å². The van der Waals surface area contributed by atoms with Crippen LogP contribution in [0.2, 0.25) is 0 Å². The van der Waals surface area contributed by atoms with Gasteiger partial charge < -0.3 is 10.5 Å². The molecular formula is C13H18BrNO. The maximum Gasteiger partial charge on any atom is 0.0547 e. The zero-order chi connectivity index (χ0) is 11.4. The third-order valence-electron chi connectivity index (χ3n) is 3.00. The molecule has 1 aliphatic carbocycles. The summed E-state index contributed by atoms with van der Waals surface area (Å²) in [7, 11) is 0. The van der Waals surface area contributed by atoms with Crippen LogP contribution >= 0.6 is 15.9 Å². The van der Waals surface area contributed by atoms with Crippen LogP contribution in [0, 0.1) is 5.92 Å². The molecule has 1 aromatic rings. The van der Waals surface area contributed by atoms with E-state index in [-0.39, 0.29) is 0 Å². The normalized spacial score (nSPS) is 17.4. The molecule has 2 N–H and O–H groups in total. The van der Waals surface area contributed by atoms with E-state index in [1.807, 2.05) is 12.1 Å². The lowest BCUT2D eigenvalue weighted by molar-refractivity contribution is 0.112. The van der Waals surface area contributed by atoms with Gasteiger partial charge in [-0.2, -0.15) is 0 Å². The van der Waals surface area contributed by atoms with E-state index < -0.39 is 0 Å². The van der Waals surface area contributed by atoms with Gasteiger partial charge in [0.15, 0.2) is 0 Å². The average Bonchev–Trinajstić information content (AvgIpc) is 3.10. The number of rotatable bonds is 6. The quantitative estimate of drug-likeness (QED) is 0.871. The zero-order valence-electron chi connectivity index (χ0n) is 9.36. The molecule has 1 atom stereocenters. The Morgan fingerprint density at radius 3 is 2.75 bits per heavy atom. The molecule has 0 radical (unpaired) electrons. The van der Waals surface area contributed by atoms with Crippen molar-refractivity contribution in [1.82, 2.24) is 0 Å². The number of hydrogen-bond acceptors (Lipinski definition) is 2. The molecule has 0 aliphatic heterocycles. The van der Waals surface area contributed by atoms with Crippen molar-refractivity contribution in [3.8, 4) is 0 Å². The van der Waals surface area contributed by atoms with Crippen LogP contribution < -0.4 is 5.73 Å². The molecule has 0 bridgehead atoms. The maximum absolute atomic E-state index is 5.81. The van der Waals surface area contributed by atoms with Crippen LogP contribution in [0.25, 0.3) is 0 Å². The highest BCUT2D eigenvalue weighted by atomic mass is 79.9. The van der Waals surface area contributed by atoms with Crippen LogP contribution in [0.1, 0.15) is 24.3 Å². The molecule has 1 saturated carbocycles. The summed E-state index contributed by atoms with van der Waals surface area (Å²) in [6.45, 7) is 2.27. The van der Waals surface area contributed by atoms with Gasteiger partial charge in [0, 0.05) is 23.5 Å². The Bertz CT molecular complexity index is 338. The highest BCUT2D eigenvalue weighted by Crippen LogP contribution is 2.30. The van der Waals surface area contributed by atoms with Gasteiger partial charge in [0.2, 0.25) is 0 Å². The van der Waals surface area contributed by atoms with Crippen molar-refractivity contribution in [2.45, 2.75) is 18.8 Å². The van der Waals surface area contributed by atoms with Crippen LogP contribution in [-0.4, -0.2) is 19.8 Å². The molecule has 0 aromatic heterocycles. The van der Waals surface area contributed by atoms with Gasteiger partial charge in [0.05, 0.1) is 6.61 Å². The fraction of sp³-hybridized carbons (Fsp3) is 0.538. The van der Waals surface area contributed by atoms with Crippen molar-refractivity contribution >= 4 is 15.9 Å². The fourth-order valence-corrected chi connectivity index (χ4v) is 2.36. The van der Waals surface area contributed by atoms with Crippen LogP contribution in [0.4, 0.5) is 0 Å². The van der Waals surface area contributed by atoms with Crippen LogP contribution in [0.15, 0.2) is 28.7 Å². The zero-order valence-corrected chi connectivity index (χ0v) is 10.9. The van der Waals surface area contributed by atoms with Gasteiger partial charge in [-0.1, -0.05) is 34.1 Å². The van der Waals surface area contributed by atoms with Crippen LogP contribution in [0.3, 0.4) is 0 Å². The first-order chi connectivity index (χ1) is 7.81. The van der Waals surface area contributed by atoms with Crippen molar-refractivity contribution in [2.24, 2.45) is 11.7 Å². The lowest BCUT2D eigenvalue weighted by atomic mass is 10.0. The lowest BCUT2D eigenvalue weighted by Crippen LogP contribution is -2.19. The second-order valence-corrected chi connectivity index (χ2v) is 5.29. The summed E-state index contributed by atoms with van der Waals surface area (Å²) in [4.78, 5) is 0. The lowest BCUT2D eigenvalue weighted by Gasteiger charge is -2.16. The molecule has 1 unspecified atom stereocenters. The highest BCUT2D eigenvalue weighted by molar-refractivity contribution is 9.10. The number of benzene rings is 1. The Morgan fingerprint density at radius 1 is 1.38 bits per heavy atom. The van der Waals surface area contributed by atoms with Gasteiger partial charge in [-0.25, -0.2) is 0 Å². The molecule has 0 heterocycles. The molecule has 1 fully saturated rings. The van der Waals surface area contributed by atoms with E-state index in [0.717, 1.165) is 23.6 Å². The molecular weight excluding hydrogens is 266 g/mol. The van der Waals surface area contributed by atoms with E-state index in [9.17, 15) is 0 Å². The number of hydrogen-bond donors (Lipinski definition) is 1. The standard InChI is InChI=1S/C13H18BrNO/c14-13-4-2-1-3-12(13)11(7-15)9-16-8-10-5-6-10/h1-4,10-11H,5-9,15H2. The fourth-order valence-electron chi connectivity index (χ4n) is 1.75. The molecule has 2 nitrogen and oxygen atoms in total. The average molecular weight is 284 g/mol. The van der Waals surface area contributed by atoms with E-state index in [2.05, 4.69) is 28.1 Å². The van der Waals surface area contributed by atoms with Gasteiger partial charge in [-0.05, 0) is 30.4 Å². The maximum atomic E-state index is 5.81. The first kappa shape index (κ1) is 12.1. The van der Waals surface area contributed by atoms with Crippen molar-refractivity contribution in [3.05, 3.63) is 34.3 Å². The van der Waals surface area contributed by atoms with Crippen LogP contribution in [0.5, 0.6) is 0 Å². The smallest absolute Gasteiger partial charge is 0.0547 e. The Hall–Kier alpha value is -0.380. The summed E-state index contributed by atoms with van der Waals surface area (Å²) in [6, 6.07) is 8.23. The summed E-state index contributed by atoms with van der Waals surface area (Å²) in [5.74, 6) is 1.12. The van der Waals surface area contributed by atoms with Crippen LogP contribution in [-0.2, 0) is 4.74 Å². The molecule has 2 rings (SSSR count). The van der Waals surface area contributed by atoms with E-state index in [4.69, 9.17) is 10.5 Å². The molecule has 0 saturated heterocycles. The van der Waals surface area contributed by atoms with Gasteiger partial charge in [-0.15, -0.1) is 0 Å². The number of ether oxygens (including phenoxy) is 1. The second-order valence-electron chi connectivity index (χ2n) is 4.43. The van der Waals surface area contributed by atoms with Gasteiger partial charge in [-0.3, -0.25) is 0 Å². The van der Waals surface area contributed by atoms with Crippen molar-refractivity contribution in [3.63, 3.8) is 0 Å². The third kappa shape index (κ3) is 3.30. The third-order valence-corrected chi connectivity index (χ3v) is 3.72. The molecule has 0 spiro atoms. The monoisotopic (exact) mass is 283 g/mol. The first-order valence-electron chi connectivity index (χ1n) is 5.83. The summed E-state index contributed by atoms with van der Waals surface area (Å²) < 4.78 is 6.84. The van der Waals surface area contributed by atoms with E-state index >= 15 is 0 Å². The molecule has 3 heteroatoms. The number of halogens is 1. The Labute approximate surface area is 105 Å². The largest absolute Gasteiger partial charge is 0.380 e. The van der Waals surface area contributed by atoms with Crippen molar-refractivity contribution < 1.29 is 4.74 Å². The molecule has 16 heavy (non-hydrogen) atoms. The molecule has 0 amide bonds. The Balaban J connectivity index is 1.90. The van der Waals surface area contributed by atoms with Gasteiger partial charge >= 0.3 is 0 Å². The van der Waals surface area contributed by atoms with Gasteiger partial charge in [0.1, 0.15) is 0 Å². The van der Waals surface area contributed by atoms with E-state index in [1.54, 1.807) is 0 Å². The highest BCUT2D eigenvalue weighted by Gasteiger charge is 2.22. The molecule has 1 aliphatic rings. The first-order valence-corrected chi connectivity index (χ1v) is 6.62. The predicted molar refractivity (Wildman–Crippen MR) is 69.5 cm³/mol. The second kappa shape index (κ2) is 5.80. The predicted octanol–water partition coefficient (Wildman–Crippen LogP) is 2.92. The molecule has 88 valence electrons. The Kier molecular flexibility index (Phi) is 4.38. The SMILES string of the molecule is NCC(COCC1CC1)c1ccccc1Br. The number of nitrogens with two attached hydrogens (primary N) is 1. The summed E-state index contributed by atoms with van der Waals surface area (Å²) in [5.41, 5.74) is 7.06. The summed E-state index contributed by atoms with van der Waals surface area (Å²) in [5, 5.41) is 0. The van der Waals surface area contributed by atoms with Gasteiger partial charge in [0.25, 0.3) is 0 Å². The minimum Gasteiger partial charge on any atom is -0.380 e. The van der Waals surface area contributed by atoms with E-state index in [0.29, 0.717) is 12.5 Å². The Morgan fingerprint density at radius 2 is 2.12 bits per heavy atom. The minimum atomic E-state index is 0.300. The van der Waals surface area contributed by atoms with Crippen molar-refractivity contribution in [2.75, 3.05) is 19.8 Å². The summed E-state index contributed by atoms with van der Waals surface area (Å²) >= 11 is 3.56. The van der Waals surface area contributed by atoms with Crippen molar-refractivity contribution in [1.29, 1.82) is 0 Å². The summed E-state index contributed by atoms with van der Waals surface area (Å²) in [6.07, 6.45) is 2.67.